The van der Waals surface area contributed by atoms with Crippen molar-refractivity contribution >= 4 is 22.4 Å². The van der Waals surface area contributed by atoms with Crippen molar-refractivity contribution in [2.45, 2.75) is 20.3 Å². The summed E-state index contributed by atoms with van der Waals surface area (Å²) in [5.74, 6) is -0.149. The van der Waals surface area contributed by atoms with Crippen molar-refractivity contribution in [1.82, 2.24) is 9.78 Å². The molecule has 1 aromatic heterocycles. The van der Waals surface area contributed by atoms with Gasteiger partial charge in [0.15, 0.2) is 0 Å². The molecule has 1 N–H and O–H groups in total. The first kappa shape index (κ1) is 17.0. The molecule has 1 amide bonds. The summed E-state index contributed by atoms with van der Waals surface area (Å²) in [6.45, 7) is 4.04. The number of hydrogen-bond acceptors (Lipinski definition) is 2. The number of hydrogen-bond donors (Lipinski definition) is 1. The third-order valence-corrected chi connectivity index (χ3v) is 4.89. The molecule has 0 spiro atoms. The third-order valence-electron chi connectivity index (χ3n) is 4.89. The molecule has 1 heterocycles. The predicted molar refractivity (Wildman–Crippen MR) is 110 cm³/mol. The summed E-state index contributed by atoms with van der Waals surface area (Å²) in [7, 11) is 0. The first-order chi connectivity index (χ1) is 13.2. The van der Waals surface area contributed by atoms with Crippen LogP contribution in [0.1, 0.15) is 28.5 Å². The standard InChI is InChI=1S/C23H21N3O/c1-3-17-9-5-7-14-22(17)26-16(2)20(15-24-26)23(27)25-21-13-8-11-18-10-4-6-12-19(18)21/h4-15H,3H2,1-2H3,(H,25,27). The van der Waals surface area contributed by atoms with E-state index in [1.54, 1.807) is 6.20 Å². The highest BCUT2D eigenvalue weighted by atomic mass is 16.1. The summed E-state index contributed by atoms with van der Waals surface area (Å²) in [5, 5.41) is 9.64. The van der Waals surface area contributed by atoms with Crippen LogP contribution in [-0.4, -0.2) is 15.7 Å². The minimum absolute atomic E-state index is 0.149. The lowest BCUT2D eigenvalue weighted by atomic mass is 10.1. The third kappa shape index (κ3) is 3.10. The van der Waals surface area contributed by atoms with E-state index in [4.69, 9.17) is 0 Å². The van der Waals surface area contributed by atoms with Gasteiger partial charge in [0.1, 0.15) is 0 Å². The molecule has 0 bridgehead atoms. The number of carbonyl (C=O) groups is 1. The maximum atomic E-state index is 12.9. The maximum Gasteiger partial charge on any atom is 0.259 e. The summed E-state index contributed by atoms with van der Waals surface area (Å²) < 4.78 is 1.84. The van der Waals surface area contributed by atoms with Gasteiger partial charge in [-0.3, -0.25) is 4.79 Å². The summed E-state index contributed by atoms with van der Waals surface area (Å²) in [4.78, 5) is 12.9. The highest BCUT2D eigenvalue weighted by Crippen LogP contribution is 2.24. The maximum absolute atomic E-state index is 12.9. The number of nitrogens with zero attached hydrogens (tertiary/aromatic N) is 2. The number of aromatic nitrogens is 2. The number of aryl methyl sites for hydroxylation is 1. The van der Waals surface area contributed by atoms with Crippen LogP contribution in [0.5, 0.6) is 0 Å². The molecule has 0 saturated carbocycles. The van der Waals surface area contributed by atoms with Crippen LogP contribution in [0.25, 0.3) is 16.5 Å². The van der Waals surface area contributed by atoms with E-state index in [1.807, 2.05) is 72.3 Å². The van der Waals surface area contributed by atoms with Crippen molar-refractivity contribution < 1.29 is 4.79 Å². The zero-order valence-corrected chi connectivity index (χ0v) is 15.4. The van der Waals surface area contributed by atoms with Crippen LogP contribution in [0.4, 0.5) is 5.69 Å². The minimum atomic E-state index is -0.149. The van der Waals surface area contributed by atoms with Crippen LogP contribution in [-0.2, 0) is 6.42 Å². The lowest BCUT2D eigenvalue weighted by Crippen LogP contribution is -2.13. The predicted octanol–water partition coefficient (Wildman–Crippen LogP) is 5.15. The highest BCUT2D eigenvalue weighted by molar-refractivity contribution is 6.09. The van der Waals surface area contributed by atoms with Crippen LogP contribution in [0.15, 0.2) is 72.9 Å². The average Bonchev–Trinajstić information content (AvgIpc) is 3.09. The molecule has 0 atom stereocenters. The Morgan fingerprint density at radius 1 is 1.00 bits per heavy atom. The fraction of sp³-hybridized carbons (Fsp3) is 0.130. The minimum Gasteiger partial charge on any atom is -0.321 e. The first-order valence-electron chi connectivity index (χ1n) is 9.11. The second-order valence-electron chi connectivity index (χ2n) is 6.52. The molecule has 0 radical (unpaired) electrons. The van der Waals surface area contributed by atoms with Crippen molar-refractivity contribution in [1.29, 1.82) is 0 Å². The van der Waals surface area contributed by atoms with Gasteiger partial charge in [-0.15, -0.1) is 0 Å². The summed E-state index contributed by atoms with van der Waals surface area (Å²) >= 11 is 0. The molecule has 4 nitrogen and oxygen atoms in total. The van der Waals surface area contributed by atoms with Gasteiger partial charge in [-0.05, 0) is 36.4 Å². The van der Waals surface area contributed by atoms with E-state index < -0.39 is 0 Å². The Bertz CT molecular complexity index is 1120. The lowest BCUT2D eigenvalue weighted by molar-refractivity contribution is 0.102. The van der Waals surface area contributed by atoms with Gasteiger partial charge in [0.05, 0.1) is 23.1 Å². The molecule has 0 unspecified atom stereocenters. The van der Waals surface area contributed by atoms with E-state index in [9.17, 15) is 4.79 Å². The van der Waals surface area contributed by atoms with Gasteiger partial charge in [0.2, 0.25) is 0 Å². The quantitative estimate of drug-likeness (QED) is 0.550. The zero-order chi connectivity index (χ0) is 18.8. The second-order valence-corrected chi connectivity index (χ2v) is 6.52. The Kier molecular flexibility index (Phi) is 4.47. The van der Waals surface area contributed by atoms with Crippen molar-refractivity contribution in [3.8, 4) is 5.69 Å². The normalized spacial score (nSPS) is 10.9. The Morgan fingerprint density at radius 2 is 1.74 bits per heavy atom. The van der Waals surface area contributed by atoms with Crippen LogP contribution in [0, 0.1) is 6.92 Å². The van der Waals surface area contributed by atoms with E-state index in [0.717, 1.165) is 34.3 Å². The van der Waals surface area contributed by atoms with Gasteiger partial charge in [-0.1, -0.05) is 61.5 Å². The smallest absolute Gasteiger partial charge is 0.259 e. The van der Waals surface area contributed by atoms with Crippen molar-refractivity contribution in [2.75, 3.05) is 5.32 Å². The average molecular weight is 355 g/mol. The molecule has 3 aromatic carbocycles. The monoisotopic (exact) mass is 355 g/mol. The molecular weight excluding hydrogens is 334 g/mol. The van der Waals surface area contributed by atoms with Crippen molar-refractivity contribution in [2.24, 2.45) is 0 Å². The number of rotatable bonds is 4. The van der Waals surface area contributed by atoms with Crippen molar-refractivity contribution in [3.05, 3.63) is 89.7 Å². The van der Waals surface area contributed by atoms with Crippen LogP contribution < -0.4 is 5.32 Å². The van der Waals surface area contributed by atoms with E-state index in [0.29, 0.717) is 5.56 Å². The fourth-order valence-electron chi connectivity index (χ4n) is 3.42. The number of benzene rings is 3. The molecule has 4 rings (SSSR count). The van der Waals surface area contributed by atoms with Crippen LogP contribution in [0.3, 0.4) is 0 Å². The number of fused-ring (bicyclic) bond motifs is 1. The lowest BCUT2D eigenvalue weighted by Gasteiger charge is -2.11. The van der Waals surface area contributed by atoms with Gasteiger partial charge in [0, 0.05) is 11.1 Å². The van der Waals surface area contributed by atoms with E-state index >= 15 is 0 Å². The molecule has 0 aliphatic heterocycles. The Morgan fingerprint density at radius 3 is 2.59 bits per heavy atom. The Hall–Kier alpha value is -3.40. The van der Waals surface area contributed by atoms with Crippen molar-refractivity contribution in [3.63, 3.8) is 0 Å². The summed E-state index contributed by atoms with van der Waals surface area (Å²) in [5.41, 5.74) is 4.42. The van der Waals surface area contributed by atoms with Gasteiger partial charge in [-0.2, -0.15) is 5.10 Å². The fourth-order valence-corrected chi connectivity index (χ4v) is 3.42. The molecular formula is C23H21N3O. The Balaban J connectivity index is 1.68. The number of carbonyl (C=O) groups excluding carboxylic acids is 1. The largest absolute Gasteiger partial charge is 0.321 e. The number of nitrogens with one attached hydrogen (secondary N) is 1. The second kappa shape index (κ2) is 7.08. The van der Waals surface area contributed by atoms with E-state index in [-0.39, 0.29) is 5.91 Å². The first-order valence-corrected chi connectivity index (χ1v) is 9.11. The number of amides is 1. The van der Waals surface area contributed by atoms with Gasteiger partial charge in [-0.25, -0.2) is 4.68 Å². The molecule has 0 aliphatic rings. The number of anilines is 1. The molecule has 0 fully saturated rings. The summed E-state index contributed by atoms with van der Waals surface area (Å²) in [6, 6.07) is 22.1. The van der Waals surface area contributed by atoms with E-state index in [2.05, 4.69) is 23.4 Å². The highest BCUT2D eigenvalue weighted by Gasteiger charge is 2.17. The van der Waals surface area contributed by atoms with Gasteiger partial charge >= 0.3 is 0 Å². The molecule has 134 valence electrons. The molecule has 0 saturated heterocycles. The SMILES string of the molecule is CCc1ccccc1-n1ncc(C(=O)Nc2cccc3ccccc23)c1C. The van der Waals surface area contributed by atoms with Crippen LogP contribution >= 0.6 is 0 Å². The Labute approximate surface area is 158 Å². The van der Waals surface area contributed by atoms with Gasteiger partial charge < -0.3 is 5.32 Å². The van der Waals surface area contributed by atoms with Crippen LogP contribution in [0.2, 0.25) is 0 Å². The van der Waals surface area contributed by atoms with E-state index in [1.165, 1.54) is 5.56 Å². The molecule has 4 heteroatoms. The molecule has 27 heavy (non-hydrogen) atoms. The molecule has 0 aliphatic carbocycles. The topological polar surface area (TPSA) is 46.9 Å². The summed E-state index contributed by atoms with van der Waals surface area (Å²) in [6.07, 6.45) is 2.55. The van der Waals surface area contributed by atoms with Gasteiger partial charge in [0.25, 0.3) is 5.91 Å². The number of para-hydroxylation sites is 1. The molecule has 4 aromatic rings. The zero-order valence-electron chi connectivity index (χ0n) is 15.4.